The van der Waals surface area contributed by atoms with Gasteiger partial charge < -0.3 is 0 Å². The first-order chi connectivity index (χ1) is 10.6. The molecular weight excluding hydrogens is 279 g/mol. The highest BCUT2D eigenvalue weighted by molar-refractivity contribution is 5.97. The van der Waals surface area contributed by atoms with Crippen LogP contribution >= 0.6 is 0 Å². The van der Waals surface area contributed by atoms with Gasteiger partial charge in [0, 0.05) is 24.3 Å². The number of halogens is 1. The van der Waals surface area contributed by atoms with Gasteiger partial charge in [0.25, 0.3) is 0 Å². The average Bonchev–Trinajstić information content (AvgIpc) is 2.51. The first-order valence-corrected chi connectivity index (χ1v) is 7.29. The maximum absolute atomic E-state index is 14.5. The number of hydrogen-bond donors (Lipinski definition) is 0. The summed E-state index contributed by atoms with van der Waals surface area (Å²) < 4.78 is 14.5. The van der Waals surface area contributed by atoms with Gasteiger partial charge in [-0.1, -0.05) is 18.2 Å². The molecule has 0 atom stereocenters. The van der Waals surface area contributed by atoms with Crippen molar-refractivity contribution in [2.24, 2.45) is 5.10 Å². The number of carbonyl (C=O) groups is 1. The van der Waals surface area contributed by atoms with Crippen LogP contribution in [0, 0.1) is 19.7 Å². The van der Waals surface area contributed by atoms with E-state index in [9.17, 15) is 9.18 Å². The molecule has 0 saturated heterocycles. The Kier molecular flexibility index (Phi) is 3.75. The van der Waals surface area contributed by atoms with Crippen molar-refractivity contribution in [2.75, 3.05) is 5.01 Å². The van der Waals surface area contributed by atoms with Crippen LogP contribution in [0.2, 0.25) is 0 Å². The first-order valence-electron chi connectivity index (χ1n) is 7.29. The van der Waals surface area contributed by atoms with Crippen LogP contribution < -0.4 is 5.01 Å². The molecule has 2 aromatic carbocycles. The lowest BCUT2D eigenvalue weighted by Crippen LogP contribution is -2.28. The van der Waals surface area contributed by atoms with E-state index in [1.165, 1.54) is 11.1 Å². The predicted octanol–water partition coefficient (Wildman–Crippen LogP) is 4.22. The van der Waals surface area contributed by atoms with Crippen molar-refractivity contribution < 1.29 is 9.18 Å². The molecule has 1 heterocycles. The van der Waals surface area contributed by atoms with Crippen LogP contribution in [0.3, 0.4) is 0 Å². The van der Waals surface area contributed by atoms with Crippen molar-refractivity contribution in [2.45, 2.75) is 26.7 Å². The summed E-state index contributed by atoms with van der Waals surface area (Å²) >= 11 is 0. The van der Waals surface area contributed by atoms with Crippen LogP contribution in [-0.2, 0) is 4.79 Å². The number of rotatable bonds is 2. The zero-order valence-electron chi connectivity index (χ0n) is 12.6. The van der Waals surface area contributed by atoms with E-state index in [0.29, 0.717) is 24.1 Å². The van der Waals surface area contributed by atoms with Crippen molar-refractivity contribution in [3.05, 3.63) is 53.3 Å². The highest BCUT2D eigenvalue weighted by atomic mass is 19.1. The molecule has 0 unspecified atom stereocenters. The molecule has 1 amide bonds. The molecule has 0 saturated carbocycles. The molecule has 0 aliphatic carbocycles. The molecule has 3 nitrogen and oxygen atoms in total. The molecule has 112 valence electrons. The molecule has 0 radical (unpaired) electrons. The second-order valence-corrected chi connectivity index (χ2v) is 5.45. The number of aryl methyl sites for hydroxylation is 1. The highest BCUT2D eigenvalue weighted by Crippen LogP contribution is 2.31. The van der Waals surface area contributed by atoms with Gasteiger partial charge in [0.2, 0.25) is 5.91 Å². The molecule has 0 bridgehead atoms. The summed E-state index contributed by atoms with van der Waals surface area (Å²) in [5.74, 6) is -0.457. The number of nitrogens with zero attached hydrogens (tertiary/aromatic N) is 2. The zero-order chi connectivity index (χ0) is 15.7. The Morgan fingerprint density at radius 1 is 1.14 bits per heavy atom. The summed E-state index contributed by atoms with van der Waals surface area (Å²) in [6.45, 7) is 3.99. The topological polar surface area (TPSA) is 32.7 Å². The van der Waals surface area contributed by atoms with Crippen molar-refractivity contribution in [3.8, 4) is 11.1 Å². The predicted molar refractivity (Wildman–Crippen MR) is 86.5 cm³/mol. The Bertz CT molecular complexity index is 768. The lowest BCUT2D eigenvalue weighted by molar-refractivity contribution is -0.118. The normalized spacial score (nSPS) is 14.5. The Morgan fingerprint density at radius 2 is 1.95 bits per heavy atom. The van der Waals surface area contributed by atoms with Crippen LogP contribution in [-0.4, -0.2) is 12.1 Å². The van der Waals surface area contributed by atoms with Gasteiger partial charge in [-0.2, -0.15) is 5.10 Å². The van der Waals surface area contributed by atoms with Crippen LogP contribution in [0.4, 0.5) is 10.1 Å². The van der Waals surface area contributed by atoms with E-state index >= 15 is 0 Å². The molecule has 2 aromatic rings. The summed E-state index contributed by atoms with van der Waals surface area (Å²) in [6, 6.07) is 10.7. The van der Waals surface area contributed by atoms with Gasteiger partial charge >= 0.3 is 0 Å². The van der Waals surface area contributed by atoms with Gasteiger partial charge in [-0.3, -0.25) is 4.79 Å². The van der Waals surface area contributed by atoms with Gasteiger partial charge in [-0.15, -0.1) is 0 Å². The maximum atomic E-state index is 14.5. The van der Waals surface area contributed by atoms with Crippen LogP contribution in [0.15, 0.2) is 41.5 Å². The number of carbonyl (C=O) groups excluding carboxylic acids is 1. The molecule has 4 heteroatoms. The molecule has 0 spiro atoms. The quantitative estimate of drug-likeness (QED) is 0.816. The van der Waals surface area contributed by atoms with Crippen molar-refractivity contribution in [1.29, 1.82) is 0 Å². The number of hydrazone groups is 1. The Balaban J connectivity index is 2.03. The minimum Gasteiger partial charge on any atom is -0.273 e. The van der Waals surface area contributed by atoms with E-state index in [1.54, 1.807) is 18.3 Å². The summed E-state index contributed by atoms with van der Waals surface area (Å²) in [6.07, 6.45) is 2.72. The molecule has 0 N–H and O–H groups in total. The van der Waals surface area contributed by atoms with Gasteiger partial charge in [0.15, 0.2) is 0 Å². The second kappa shape index (κ2) is 5.72. The van der Waals surface area contributed by atoms with Crippen molar-refractivity contribution in [3.63, 3.8) is 0 Å². The van der Waals surface area contributed by atoms with Crippen LogP contribution in [0.25, 0.3) is 11.1 Å². The third-order valence-electron chi connectivity index (χ3n) is 4.01. The molecule has 1 aliphatic rings. The summed E-state index contributed by atoms with van der Waals surface area (Å²) in [7, 11) is 0. The van der Waals surface area contributed by atoms with Crippen LogP contribution in [0.5, 0.6) is 0 Å². The smallest absolute Gasteiger partial charge is 0.247 e. The third kappa shape index (κ3) is 2.52. The Morgan fingerprint density at radius 3 is 2.68 bits per heavy atom. The standard InChI is InChI=1S/C18H17FN2O/c1-12-5-3-6-15(13(12)2)16-9-8-14(11-17(16)19)21-18(22)7-4-10-20-21/h3,5-6,8-11H,4,7H2,1-2H3. The molecule has 0 aromatic heterocycles. The Labute approximate surface area is 129 Å². The highest BCUT2D eigenvalue weighted by Gasteiger charge is 2.19. The molecule has 0 fully saturated rings. The summed E-state index contributed by atoms with van der Waals surface area (Å²) in [5, 5.41) is 5.31. The fourth-order valence-electron chi connectivity index (χ4n) is 2.61. The van der Waals surface area contributed by atoms with Gasteiger partial charge in [0.1, 0.15) is 5.82 Å². The molecule has 22 heavy (non-hydrogen) atoms. The van der Waals surface area contributed by atoms with Gasteiger partial charge in [0.05, 0.1) is 5.69 Å². The largest absolute Gasteiger partial charge is 0.273 e. The van der Waals surface area contributed by atoms with Gasteiger partial charge in [-0.25, -0.2) is 9.40 Å². The monoisotopic (exact) mass is 296 g/mol. The van der Waals surface area contributed by atoms with Crippen molar-refractivity contribution >= 4 is 17.8 Å². The summed E-state index contributed by atoms with van der Waals surface area (Å²) in [4.78, 5) is 11.8. The van der Waals surface area contributed by atoms with E-state index in [0.717, 1.165) is 16.7 Å². The molecule has 1 aliphatic heterocycles. The number of benzene rings is 2. The average molecular weight is 296 g/mol. The van der Waals surface area contributed by atoms with E-state index in [-0.39, 0.29) is 11.7 Å². The van der Waals surface area contributed by atoms with Crippen molar-refractivity contribution in [1.82, 2.24) is 0 Å². The Hall–Kier alpha value is -2.49. The zero-order valence-corrected chi connectivity index (χ0v) is 12.6. The third-order valence-corrected chi connectivity index (χ3v) is 4.01. The SMILES string of the molecule is Cc1cccc(-c2ccc(N3N=CCCC3=O)cc2F)c1C. The summed E-state index contributed by atoms with van der Waals surface area (Å²) in [5.41, 5.74) is 4.06. The lowest BCUT2D eigenvalue weighted by atomic mass is 9.96. The second-order valence-electron chi connectivity index (χ2n) is 5.45. The van der Waals surface area contributed by atoms with E-state index in [1.807, 2.05) is 32.0 Å². The minimum atomic E-state index is -0.347. The number of amides is 1. The van der Waals surface area contributed by atoms with Crippen LogP contribution in [0.1, 0.15) is 24.0 Å². The maximum Gasteiger partial charge on any atom is 0.247 e. The van der Waals surface area contributed by atoms with E-state index < -0.39 is 0 Å². The fourth-order valence-corrected chi connectivity index (χ4v) is 2.61. The fraction of sp³-hybridized carbons (Fsp3) is 0.222. The number of hydrogen-bond acceptors (Lipinski definition) is 2. The first kappa shape index (κ1) is 14.4. The number of anilines is 1. The molecular formula is C18H17FN2O. The minimum absolute atomic E-state index is 0.110. The molecule has 3 rings (SSSR count). The van der Waals surface area contributed by atoms with E-state index in [2.05, 4.69) is 5.10 Å². The van der Waals surface area contributed by atoms with Gasteiger partial charge in [-0.05, 0) is 49.1 Å². The lowest BCUT2D eigenvalue weighted by Gasteiger charge is -2.20. The van der Waals surface area contributed by atoms with E-state index in [4.69, 9.17) is 0 Å².